The minimum Gasteiger partial charge on any atom is -0.507 e. The van der Waals surface area contributed by atoms with Crippen LogP contribution >= 0.6 is 11.3 Å². The molecule has 2 N–H and O–H groups in total. The number of thiazole rings is 1. The highest BCUT2D eigenvalue weighted by Crippen LogP contribution is 2.47. The van der Waals surface area contributed by atoms with Gasteiger partial charge in [-0.15, -0.1) is 21.5 Å². The molecule has 0 amide bonds. The van der Waals surface area contributed by atoms with Crippen LogP contribution in [0.2, 0.25) is 0 Å². The Balaban J connectivity index is 1.28. The summed E-state index contributed by atoms with van der Waals surface area (Å²) in [6, 6.07) is 7.11. The third-order valence-corrected chi connectivity index (χ3v) is 8.38. The zero-order valence-electron chi connectivity index (χ0n) is 19.6. The van der Waals surface area contributed by atoms with Gasteiger partial charge >= 0.3 is 0 Å². The Morgan fingerprint density at radius 1 is 1.26 bits per heavy atom. The fourth-order valence-corrected chi connectivity index (χ4v) is 6.38. The van der Waals surface area contributed by atoms with Gasteiger partial charge in [0.15, 0.2) is 16.6 Å². The van der Waals surface area contributed by atoms with E-state index in [1.165, 1.54) is 11.3 Å². The number of anilines is 1. The average Bonchev–Trinajstić information content (AvgIpc) is 3.48. The molecule has 8 nitrogen and oxygen atoms in total. The van der Waals surface area contributed by atoms with Crippen LogP contribution in [0.3, 0.4) is 0 Å². The second-order valence-corrected chi connectivity index (χ2v) is 11.3. The lowest BCUT2D eigenvalue weighted by Crippen LogP contribution is -2.66. The minimum absolute atomic E-state index is 0.00205. The van der Waals surface area contributed by atoms with Crippen LogP contribution in [0.5, 0.6) is 5.75 Å². The number of hydrogen-bond donors (Lipinski definition) is 2. The molecule has 4 heterocycles. The van der Waals surface area contributed by atoms with Gasteiger partial charge in [-0.25, -0.2) is 14.4 Å². The van der Waals surface area contributed by atoms with Crippen molar-refractivity contribution in [1.82, 2.24) is 25.5 Å². The molecule has 0 spiro atoms. The van der Waals surface area contributed by atoms with Crippen molar-refractivity contribution in [2.75, 3.05) is 4.90 Å². The van der Waals surface area contributed by atoms with Crippen LogP contribution in [0.1, 0.15) is 51.0 Å². The number of nitriles is 1. The first-order valence-electron chi connectivity index (χ1n) is 11.9. The maximum absolute atomic E-state index is 15.8. The number of phenols is 1. The number of alkyl halides is 1. The van der Waals surface area contributed by atoms with Gasteiger partial charge < -0.3 is 15.3 Å². The van der Waals surface area contributed by atoms with Gasteiger partial charge in [0.25, 0.3) is 0 Å². The molecular formula is C25H26FN7OS. The smallest absolute Gasteiger partial charge is 0.194 e. The van der Waals surface area contributed by atoms with Gasteiger partial charge in [0.05, 0.1) is 23.5 Å². The van der Waals surface area contributed by atoms with Crippen LogP contribution in [-0.4, -0.2) is 54.6 Å². The van der Waals surface area contributed by atoms with Crippen LogP contribution in [0.25, 0.3) is 22.6 Å². The van der Waals surface area contributed by atoms with Gasteiger partial charge in [0.2, 0.25) is 0 Å². The summed E-state index contributed by atoms with van der Waals surface area (Å²) in [7, 11) is 0. The number of halogens is 1. The average molecular weight is 492 g/mol. The van der Waals surface area contributed by atoms with Crippen molar-refractivity contribution in [2.45, 2.75) is 75.3 Å². The van der Waals surface area contributed by atoms with Crippen molar-refractivity contribution in [3.63, 3.8) is 0 Å². The van der Waals surface area contributed by atoms with Gasteiger partial charge in [-0.1, -0.05) is 6.07 Å². The Hall–Kier alpha value is -3.16. The van der Waals surface area contributed by atoms with E-state index < -0.39 is 11.7 Å². The van der Waals surface area contributed by atoms with Crippen LogP contribution in [-0.2, 0) is 0 Å². The molecule has 180 valence electrons. The number of piperidine rings is 1. The summed E-state index contributed by atoms with van der Waals surface area (Å²) < 4.78 is 15.8. The lowest BCUT2D eigenvalue weighted by atomic mass is 9.82. The van der Waals surface area contributed by atoms with E-state index in [-0.39, 0.29) is 23.4 Å². The van der Waals surface area contributed by atoms with Gasteiger partial charge in [0.1, 0.15) is 18.0 Å². The Morgan fingerprint density at radius 2 is 2.09 bits per heavy atom. The standard InChI is InChI=1S/C25H26FN7OS/c1-24-7-8-25(2,32-24)22(26)18(10-24)33(15-4-5-15)20-12-28-23(31-30-20)16-6-3-14(9-19(16)34)17-13-35-21(11-27)29-17/h3,6,9,12-13,15,18,22,32,34H,4-5,7-8,10H2,1-2H3/t18-,22-,24-,25+/m0/s1. The third kappa shape index (κ3) is 3.83. The van der Waals surface area contributed by atoms with Gasteiger partial charge in [0, 0.05) is 28.1 Å². The fourth-order valence-electron chi connectivity index (χ4n) is 5.77. The monoisotopic (exact) mass is 491 g/mol. The third-order valence-electron chi connectivity index (χ3n) is 7.64. The number of nitrogens with zero attached hydrogens (tertiary/aromatic N) is 6. The number of benzene rings is 1. The molecule has 2 aromatic heterocycles. The summed E-state index contributed by atoms with van der Waals surface area (Å²) in [5, 5.41) is 34.1. The number of hydrogen-bond acceptors (Lipinski definition) is 9. The van der Waals surface area contributed by atoms with E-state index in [0.29, 0.717) is 33.5 Å². The molecule has 10 heteroatoms. The topological polar surface area (TPSA) is 111 Å². The quantitative estimate of drug-likeness (QED) is 0.546. The zero-order chi connectivity index (χ0) is 24.4. The van der Waals surface area contributed by atoms with Gasteiger partial charge in [-0.05, 0) is 58.1 Å². The minimum atomic E-state index is -1.01. The Morgan fingerprint density at radius 3 is 2.74 bits per heavy atom. The van der Waals surface area contributed by atoms with Gasteiger partial charge in [-0.3, -0.25) is 0 Å². The van der Waals surface area contributed by atoms with Crippen LogP contribution in [0.4, 0.5) is 10.2 Å². The summed E-state index contributed by atoms with van der Waals surface area (Å²) in [5.41, 5.74) is 1.18. The number of aromatic nitrogens is 4. The molecule has 3 aliphatic rings. The highest BCUT2D eigenvalue weighted by Gasteiger charge is 2.58. The van der Waals surface area contributed by atoms with E-state index >= 15 is 4.39 Å². The molecule has 1 aliphatic carbocycles. The second kappa shape index (κ2) is 7.93. The molecule has 35 heavy (non-hydrogen) atoms. The summed E-state index contributed by atoms with van der Waals surface area (Å²) in [6.07, 6.45) is 5.18. The molecule has 0 radical (unpaired) electrons. The van der Waals surface area contributed by atoms with Crippen molar-refractivity contribution in [1.29, 1.82) is 5.26 Å². The highest BCUT2D eigenvalue weighted by atomic mass is 32.1. The van der Waals surface area contributed by atoms with E-state index in [1.807, 2.05) is 13.0 Å². The molecule has 0 unspecified atom stereocenters. The molecule has 6 rings (SSSR count). The Kier molecular flexibility index (Phi) is 5.06. The number of aromatic hydroxyl groups is 1. The first-order valence-corrected chi connectivity index (χ1v) is 12.8. The van der Waals surface area contributed by atoms with Crippen LogP contribution in [0, 0.1) is 11.3 Å². The summed E-state index contributed by atoms with van der Waals surface area (Å²) in [5.74, 6) is 0.882. The number of fused-ring (bicyclic) bond motifs is 2. The number of nitrogens with one attached hydrogen (secondary N) is 1. The molecule has 3 fully saturated rings. The van der Waals surface area contributed by atoms with Crippen molar-refractivity contribution >= 4 is 17.2 Å². The molecule has 2 saturated heterocycles. The second-order valence-electron chi connectivity index (χ2n) is 10.4. The SMILES string of the molecule is C[C@@]12CC[C@@](C)(N1)[C@@H](F)[C@@H](N(c1cnc(-c3ccc(-c4csc(C#N)n4)cc3O)nn1)C1CC1)C2. The molecule has 1 aromatic carbocycles. The van der Waals surface area contributed by atoms with Crippen molar-refractivity contribution < 1.29 is 9.50 Å². The van der Waals surface area contributed by atoms with Crippen LogP contribution in [0.15, 0.2) is 29.8 Å². The fraction of sp³-hybridized carbons (Fsp3) is 0.480. The predicted octanol–water partition coefficient (Wildman–Crippen LogP) is 4.22. The Bertz CT molecular complexity index is 1320. The maximum atomic E-state index is 15.8. The molecule has 2 bridgehead atoms. The number of rotatable bonds is 5. The number of phenolic OH excluding ortho intramolecular Hbond substituents is 1. The van der Waals surface area contributed by atoms with Gasteiger partial charge in [-0.2, -0.15) is 5.26 Å². The first-order chi connectivity index (χ1) is 16.8. The summed E-state index contributed by atoms with van der Waals surface area (Å²) in [6.45, 7) is 4.18. The van der Waals surface area contributed by atoms with Crippen molar-refractivity contribution in [2.24, 2.45) is 0 Å². The maximum Gasteiger partial charge on any atom is 0.194 e. The molecular weight excluding hydrogens is 465 g/mol. The van der Waals surface area contributed by atoms with E-state index in [9.17, 15) is 5.11 Å². The lowest BCUT2D eigenvalue weighted by molar-refractivity contribution is 0.0831. The molecule has 4 atom stereocenters. The molecule has 2 aliphatic heterocycles. The van der Waals surface area contributed by atoms with E-state index in [2.05, 4.69) is 37.3 Å². The first kappa shape index (κ1) is 22.3. The van der Waals surface area contributed by atoms with E-state index in [4.69, 9.17) is 5.26 Å². The summed E-state index contributed by atoms with van der Waals surface area (Å²) in [4.78, 5) is 10.8. The van der Waals surface area contributed by atoms with Crippen LogP contribution < -0.4 is 10.2 Å². The molecule has 1 saturated carbocycles. The highest BCUT2D eigenvalue weighted by molar-refractivity contribution is 7.10. The normalized spacial score (nSPS) is 29.7. The predicted molar refractivity (Wildman–Crippen MR) is 131 cm³/mol. The van der Waals surface area contributed by atoms with E-state index in [1.54, 1.807) is 29.8 Å². The van der Waals surface area contributed by atoms with E-state index in [0.717, 1.165) is 32.1 Å². The lowest BCUT2D eigenvalue weighted by Gasteiger charge is -2.48. The molecule has 3 aromatic rings. The Labute approximate surface area is 206 Å². The zero-order valence-corrected chi connectivity index (χ0v) is 20.4. The summed E-state index contributed by atoms with van der Waals surface area (Å²) >= 11 is 1.25. The van der Waals surface area contributed by atoms with Crippen molar-refractivity contribution in [3.8, 4) is 34.5 Å². The van der Waals surface area contributed by atoms with Crippen molar-refractivity contribution in [3.05, 3.63) is 34.8 Å². The largest absolute Gasteiger partial charge is 0.507 e.